The molecule has 2 aliphatic heterocycles. The fourth-order valence-electron chi connectivity index (χ4n) is 3.67. The van der Waals surface area contributed by atoms with Gasteiger partial charge in [0.2, 0.25) is 0 Å². The summed E-state index contributed by atoms with van der Waals surface area (Å²) in [6.45, 7) is 3.14. The second-order valence-corrected chi connectivity index (χ2v) is 8.66. The Kier molecular flexibility index (Phi) is 4.75. The molecule has 1 spiro atoms. The molecule has 2 nitrogen and oxygen atoms in total. The van der Waals surface area contributed by atoms with Gasteiger partial charge in [0.25, 0.3) is 0 Å². The standard InChI is InChI=1S/C16H25NOS2/c1-12-3-4-14(20-12)15(17-2)13-5-8-18-16(11-13)6-9-19-10-7-16/h3-4,13,15,17H,5-11H2,1-2H3. The van der Waals surface area contributed by atoms with Crippen molar-refractivity contribution in [2.75, 3.05) is 25.2 Å². The topological polar surface area (TPSA) is 21.3 Å². The summed E-state index contributed by atoms with van der Waals surface area (Å²) in [6, 6.07) is 5.06. The van der Waals surface area contributed by atoms with Gasteiger partial charge in [-0.1, -0.05) is 0 Å². The number of ether oxygens (including phenoxy) is 1. The van der Waals surface area contributed by atoms with Gasteiger partial charge in [0.05, 0.1) is 5.60 Å². The van der Waals surface area contributed by atoms with Gasteiger partial charge >= 0.3 is 0 Å². The molecule has 1 aromatic heterocycles. The first-order valence-corrected chi connectivity index (χ1v) is 9.65. The lowest BCUT2D eigenvalue weighted by atomic mass is 9.78. The fourth-order valence-corrected chi connectivity index (χ4v) is 5.99. The summed E-state index contributed by atoms with van der Waals surface area (Å²) < 4.78 is 6.23. The maximum Gasteiger partial charge on any atom is 0.0701 e. The Balaban J connectivity index is 1.74. The molecule has 0 aliphatic carbocycles. The number of hydrogen-bond acceptors (Lipinski definition) is 4. The highest BCUT2D eigenvalue weighted by Gasteiger charge is 2.41. The normalized spacial score (nSPS) is 27.6. The summed E-state index contributed by atoms with van der Waals surface area (Å²) in [4.78, 5) is 2.91. The Morgan fingerprint density at radius 1 is 1.35 bits per heavy atom. The fraction of sp³-hybridized carbons (Fsp3) is 0.750. The molecule has 3 rings (SSSR count). The van der Waals surface area contributed by atoms with Crippen molar-refractivity contribution in [3.05, 3.63) is 21.9 Å². The molecule has 2 fully saturated rings. The Labute approximate surface area is 130 Å². The van der Waals surface area contributed by atoms with E-state index in [1.165, 1.54) is 46.9 Å². The predicted octanol–water partition coefficient (Wildman–Crippen LogP) is 4.01. The lowest BCUT2D eigenvalue weighted by molar-refractivity contribution is -0.107. The lowest BCUT2D eigenvalue weighted by Gasteiger charge is -2.45. The van der Waals surface area contributed by atoms with Crippen LogP contribution >= 0.6 is 23.1 Å². The van der Waals surface area contributed by atoms with Crippen molar-refractivity contribution < 1.29 is 4.74 Å². The van der Waals surface area contributed by atoms with Gasteiger partial charge in [-0.2, -0.15) is 11.8 Å². The smallest absolute Gasteiger partial charge is 0.0701 e. The monoisotopic (exact) mass is 311 g/mol. The van der Waals surface area contributed by atoms with Crippen LogP contribution in [0.15, 0.2) is 12.1 Å². The molecule has 0 aromatic carbocycles. The highest BCUT2D eigenvalue weighted by atomic mass is 32.2. The zero-order chi connectivity index (χ0) is 14.0. The van der Waals surface area contributed by atoms with Crippen LogP contribution in [0, 0.1) is 12.8 Å². The number of hydrogen-bond donors (Lipinski definition) is 1. The van der Waals surface area contributed by atoms with Crippen LogP contribution in [-0.4, -0.2) is 30.8 Å². The minimum atomic E-state index is 0.190. The predicted molar refractivity (Wildman–Crippen MR) is 88.8 cm³/mol. The molecule has 0 saturated carbocycles. The average Bonchev–Trinajstić information content (AvgIpc) is 2.87. The lowest BCUT2D eigenvalue weighted by Crippen LogP contribution is -2.45. The second kappa shape index (κ2) is 6.39. The Morgan fingerprint density at radius 2 is 2.15 bits per heavy atom. The van der Waals surface area contributed by atoms with Gasteiger partial charge in [0, 0.05) is 22.4 Å². The van der Waals surface area contributed by atoms with Crippen LogP contribution in [0.3, 0.4) is 0 Å². The van der Waals surface area contributed by atoms with Crippen LogP contribution in [0.1, 0.15) is 41.5 Å². The summed E-state index contributed by atoms with van der Waals surface area (Å²) in [5, 5.41) is 3.57. The zero-order valence-corrected chi connectivity index (χ0v) is 14.1. The van der Waals surface area contributed by atoms with E-state index < -0.39 is 0 Å². The summed E-state index contributed by atoms with van der Waals surface area (Å²) in [7, 11) is 2.11. The third kappa shape index (κ3) is 3.08. The van der Waals surface area contributed by atoms with Crippen molar-refractivity contribution >= 4 is 23.1 Å². The van der Waals surface area contributed by atoms with Gasteiger partial charge < -0.3 is 10.1 Å². The summed E-state index contributed by atoms with van der Waals surface area (Å²) in [5.41, 5.74) is 0.190. The molecule has 0 radical (unpaired) electrons. The van der Waals surface area contributed by atoms with E-state index >= 15 is 0 Å². The van der Waals surface area contributed by atoms with E-state index in [4.69, 9.17) is 4.74 Å². The van der Waals surface area contributed by atoms with Crippen LogP contribution in [0.4, 0.5) is 0 Å². The van der Waals surface area contributed by atoms with E-state index in [0.29, 0.717) is 6.04 Å². The van der Waals surface area contributed by atoms with Gasteiger partial charge in [-0.25, -0.2) is 0 Å². The van der Waals surface area contributed by atoms with Crippen molar-refractivity contribution in [2.24, 2.45) is 5.92 Å². The Morgan fingerprint density at radius 3 is 2.80 bits per heavy atom. The van der Waals surface area contributed by atoms with Crippen molar-refractivity contribution in [2.45, 2.75) is 44.2 Å². The summed E-state index contributed by atoms with van der Waals surface area (Å²) in [6.07, 6.45) is 4.91. The molecule has 2 aliphatic rings. The van der Waals surface area contributed by atoms with Crippen LogP contribution in [0.5, 0.6) is 0 Å². The van der Waals surface area contributed by atoms with Gasteiger partial charge in [-0.15, -0.1) is 11.3 Å². The van der Waals surface area contributed by atoms with Crippen LogP contribution in [-0.2, 0) is 4.74 Å². The molecule has 2 atom stereocenters. The molecule has 2 unspecified atom stereocenters. The Hall–Kier alpha value is -0.0300. The first kappa shape index (κ1) is 14.9. The summed E-state index contributed by atoms with van der Waals surface area (Å²) in [5.74, 6) is 3.26. The van der Waals surface area contributed by atoms with Gasteiger partial charge in [-0.05, 0) is 69.2 Å². The zero-order valence-electron chi connectivity index (χ0n) is 12.5. The molecular weight excluding hydrogens is 286 g/mol. The van der Waals surface area contributed by atoms with Crippen LogP contribution in [0.25, 0.3) is 0 Å². The molecule has 2 saturated heterocycles. The van der Waals surface area contributed by atoms with Crippen LogP contribution < -0.4 is 5.32 Å². The number of thioether (sulfide) groups is 1. The van der Waals surface area contributed by atoms with Crippen LogP contribution in [0.2, 0.25) is 0 Å². The Bertz CT molecular complexity index is 434. The van der Waals surface area contributed by atoms with Gasteiger partial charge in [-0.3, -0.25) is 0 Å². The first-order valence-electron chi connectivity index (χ1n) is 7.68. The van der Waals surface area contributed by atoms with Crippen molar-refractivity contribution in [3.63, 3.8) is 0 Å². The van der Waals surface area contributed by atoms with Crippen molar-refractivity contribution in [1.29, 1.82) is 0 Å². The molecule has 1 N–H and O–H groups in total. The molecule has 112 valence electrons. The molecule has 1 aromatic rings. The first-order chi connectivity index (χ1) is 9.72. The summed E-state index contributed by atoms with van der Waals surface area (Å²) >= 11 is 4.03. The quantitative estimate of drug-likeness (QED) is 0.911. The highest BCUT2D eigenvalue weighted by molar-refractivity contribution is 7.99. The minimum Gasteiger partial charge on any atom is -0.375 e. The number of nitrogens with one attached hydrogen (secondary N) is 1. The van der Waals surface area contributed by atoms with Crippen molar-refractivity contribution in [3.8, 4) is 0 Å². The third-order valence-corrected chi connectivity index (χ3v) is 6.85. The molecule has 3 heterocycles. The molecular formula is C16H25NOS2. The number of thiophene rings is 1. The third-order valence-electron chi connectivity index (χ3n) is 4.79. The second-order valence-electron chi connectivity index (χ2n) is 6.11. The largest absolute Gasteiger partial charge is 0.375 e. The average molecular weight is 312 g/mol. The minimum absolute atomic E-state index is 0.190. The van der Waals surface area contributed by atoms with E-state index in [9.17, 15) is 0 Å². The van der Waals surface area contributed by atoms with E-state index in [1.54, 1.807) is 0 Å². The van der Waals surface area contributed by atoms with E-state index in [0.717, 1.165) is 12.5 Å². The molecule has 20 heavy (non-hydrogen) atoms. The number of rotatable bonds is 3. The van der Waals surface area contributed by atoms with E-state index in [1.807, 2.05) is 11.3 Å². The SMILES string of the molecule is CNC(c1ccc(C)s1)C1CCOC2(CCSCC2)C1. The molecule has 4 heteroatoms. The maximum absolute atomic E-state index is 6.23. The van der Waals surface area contributed by atoms with Gasteiger partial charge in [0.1, 0.15) is 0 Å². The molecule has 0 bridgehead atoms. The van der Waals surface area contributed by atoms with E-state index in [2.05, 4.69) is 43.2 Å². The highest BCUT2D eigenvalue weighted by Crippen LogP contribution is 2.44. The van der Waals surface area contributed by atoms with Gasteiger partial charge in [0.15, 0.2) is 0 Å². The van der Waals surface area contributed by atoms with Crippen molar-refractivity contribution in [1.82, 2.24) is 5.32 Å². The molecule has 0 amide bonds. The van der Waals surface area contributed by atoms with E-state index in [-0.39, 0.29) is 5.60 Å². The number of aryl methyl sites for hydroxylation is 1. The maximum atomic E-state index is 6.23.